The van der Waals surface area contributed by atoms with Gasteiger partial charge in [0, 0.05) is 17.2 Å². The maximum absolute atomic E-state index is 12.4. The third-order valence-electron chi connectivity index (χ3n) is 3.67. The Morgan fingerprint density at radius 3 is 2.60 bits per heavy atom. The van der Waals surface area contributed by atoms with Crippen LogP contribution in [0.2, 0.25) is 5.02 Å². The van der Waals surface area contributed by atoms with Crippen LogP contribution in [0, 0.1) is 13.8 Å². The van der Waals surface area contributed by atoms with Gasteiger partial charge in [-0.15, -0.1) is 0 Å². The highest BCUT2D eigenvalue weighted by molar-refractivity contribution is 7.92. The summed E-state index contributed by atoms with van der Waals surface area (Å²) in [5.74, 6) is -0.194. The van der Waals surface area contributed by atoms with Gasteiger partial charge in [-0.2, -0.15) is 0 Å². The maximum Gasteiger partial charge on any atom is 0.242 e. The van der Waals surface area contributed by atoms with E-state index in [0.717, 1.165) is 5.56 Å². The highest BCUT2D eigenvalue weighted by atomic mass is 35.5. The minimum atomic E-state index is -3.76. The summed E-state index contributed by atoms with van der Waals surface area (Å²) in [5, 5.41) is 5.45. The molecule has 1 aromatic carbocycles. The molecule has 1 heterocycles. The minimum absolute atomic E-state index is 0.261. The van der Waals surface area contributed by atoms with Crippen molar-refractivity contribution in [2.24, 2.45) is 0 Å². The van der Waals surface area contributed by atoms with E-state index in [2.05, 4.69) is 10.5 Å². The Kier molecular flexibility index (Phi) is 5.74. The van der Waals surface area contributed by atoms with Crippen LogP contribution in [-0.2, 0) is 20.4 Å². The summed E-state index contributed by atoms with van der Waals surface area (Å²) in [6.07, 6.45) is 0. The van der Waals surface area contributed by atoms with Gasteiger partial charge in [0.2, 0.25) is 5.91 Å². The van der Waals surface area contributed by atoms with E-state index in [1.807, 2.05) is 0 Å². The first-order valence-corrected chi connectivity index (χ1v) is 9.52. The van der Waals surface area contributed by atoms with Gasteiger partial charge in [0.15, 0.2) is 9.84 Å². The molecule has 1 N–H and O–H groups in total. The average Bonchev–Trinajstić information content (AvgIpc) is 2.93. The second-order valence-corrected chi connectivity index (χ2v) is 8.40. The van der Waals surface area contributed by atoms with E-state index >= 15 is 0 Å². The minimum Gasteiger partial charge on any atom is -0.495 e. The lowest BCUT2D eigenvalue weighted by molar-refractivity contribution is -0.115. The molecule has 1 aromatic heterocycles. The lowest BCUT2D eigenvalue weighted by Gasteiger charge is -2.15. The first kappa shape index (κ1) is 19.3. The van der Waals surface area contributed by atoms with Gasteiger partial charge in [0.25, 0.3) is 0 Å². The number of methoxy groups -OCH3 is 1. The topological polar surface area (TPSA) is 98.5 Å². The van der Waals surface area contributed by atoms with Gasteiger partial charge in [-0.25, -0.2) is 8.42 Å². The SMILES string of the molecule is COc1cc(Cl)c(C)cc1NC(=O)C(C)S(=O)(=O)Cc1cc(C)on1. The number of hydrogen-bond acceptors (Lipinski definition) is 6. The van der Waals surface area contributed by atoms with Crippen LogP contribution in [0.25, 0.3) is 0 Å². The zero-order chi connectivity index (χ0) is 18.8. The van der Waals surface area contributed by atoms with Crippen LogP contribution in [0.3, 0.4) is 0 Å². The Hall–Kier alpha value is -2.06. The monoisotopic (exact) mass is 386 g/mol. The van der Waals surface area contributed by atoms with Crippen molar-refractivity contribution in [2.75, 3.05) is 12.4 Å². The molecule has 2 aromatic rings. The van der Waals surface area contributed by atoms with E-state index in [0.29, 0.717) is 22.2 Å². The number of halogens is 1. The zero-order valence-electron chi connectivity index (χ0n) is 14.3. The third-order valence-corrected chi connectivity index (χ3v) is 6.07. The number of nitrogens with zero attached hydrogens (tertiary/aromatic N) is 1. The van der Waals surface area contributed by atoms with Crippen molar-refractivity contribution in [1.82, 2.24) is 5.16 Å². The molecule has 0 saturated heterocycles. The van der Waals surface area contributed by atoms with Crippen molar-refractivity contribution in [2.45, 2.75) is 31.8 Å². The predicted octanol–water partition coefficient (Wildman–Crippen LogP) is 2.90. The number of aryl methyl sites for hydroxylation is 2. The van der Waals surface area contributed by atoms with Crippen LogP contribution in [-0.4, -0.2) is 31.8 Å². The molecule has 7 nitrogen and oxygen atoms in total. The van der Waals surface area contributed by atoms with E-state index < -0.39 is 21.0 Å². The first-order valence-electron chi connectivity index (χ1n) is 7.43. The highest BCUT2D eigenvalue weighted by Gasteiger charge is 2.30. The summed E-state index contributed by atoms with van der Waals surface area (Å²) >= 11 is 6.02. The van der Waals surface area contributed by atoms with Crippen molar-refractivity contribution < 1.29 is 22.5 Å². The lowest BCUT2D eigenvalue weighted by Crippen LogP contribution is -2.33. The molecule has 0 bridgehead atoms. The smallest absolute Gasteiger partial charge is 0.242 e. The lowest BCUT2D eigenvalue weighted by atomic mass is 10.2. The van der Waals surface area contributed by atoms with Gasteiger partial charge in [0.05, 0.1) is 24.2 Å². The molecule has 136 valence electrons. The van der Waals surface area contributed by atoms with Crippen LogP contribution in [0.1, 0.15) is 23.9 Å². The molecule has 0 aliphatic rings. The van der Waals surface area contributed by atoms with Crippen molar-refractivity contribution >= 4 is 33.0 Å². The first-order chi connectivity index (χ1) is 11.6. The molecule has 9 heteroatoms. The van der Waals surface area contributed by atoms with Crippen LogP contribution < -0.4 is 10.1 Å². The van der Waals surface area contributed by atoms with Crippen LogP contribution >= 0.6 is 11.6 Å². The Labute approximate surface area is 151 Å². The summed E-state index contributed by atoms with van der Waals surface area (Å²) in [5.41, 5.74) is 1.34. The predicted molar refractivity (Wildman–Crippen MR) is 94.7 cm³/mol. The molecule has 1 atom stereocenters. The quantitative estimate of drug-likeness (QED) is 0.819. The number of hydrogen-bond donors (Lipinski definition) is 1. The van der Waals surface area contributed by atoms with Crippen LogP contribution in [0.4, 0.5) is 5.69 Å². The summed E-state index contributed by atoms with van der Waals surface area (Å²) in [4.78, 5) is 12.4. The number of benzene rings is 1. The Balaban J connectivity index is 2.18. The number of ether oxygens (including phenoxy) is 1. The second-order valence-electron chi connectivity index (χ2n) is 5.67. The summed E-state index contributed by atoms with van der Waals surface area (Å²) in [6.45, 7) is 4.76. The Bertz CT molecular complexity index is 892. The molecular formula is C16H19ClN2O5S. The number of anilines is 1. The number of carbonyl (C=O) groups excluding carboxylic acids is 1. The fourth-order valence-corrected chi connectivity index (χ4v) is 3.48. The van der Waals surface area contributed by atoms with E-state index in [4.69, 9.17) is 20.9 Å². The fraction of sp³-hybridized carbons (Fsp3) is 0.375. The number of rotatable bonds is 6. The van der Waals surface area contributed by atoms with Crippen molar-refractivity contribution in [3.8, 4) is 5.75 Å². The zero-order valence-corrected chi connectivity index (χ0v) is 15.9. The van der Waals surface area contributed by atoms with E-state index in [-0.39, 0.29) is 11.4 Å². The largest absolute Gasteiger partial charge is 0.495 e. The van der Waals surface area contributed by atoms with Crippen LogP contribution in [0.5, 0.6) is 5.75 Å². The molecular weight excluding hydrogens is 368 g/mol. The third kappa shape index (κ3) is 4.52. The van der Waals surface area contributed by atoms with Crippen molar-refractivity contribution in [3.63, 3.8) is 0 Å². The number of amides is 1. The summed E-state index contributed by atoms with van der Waals surface area (Å²) in [7, 11) is -2.32. The maximum atomic E-state index is 12.4. The molecule has 0 aliphatic carbocycles. The Morgan fingerprint density at radius 1 is 1.36 bits per heavy atom. The van der Waals surface area contributed by atoms with E-state index in [1.165, 1.54) is 20.1 Å². The highest BCUT2D eigenvalue weighted by Crippen LogP contribution is 2.31. The van der Waals surface area contributed by atoms with Crippen molar-refractivity contribution in [1.29, 1.82) is 0 Å². The second kappa shape index (κ2) is 7.45. The van der Waals surface area contributed by atoms with E-state index in [1.54, 1.807) is 26.0 Å². The molecule has 0 aliphatic heterocycles. The number of aromatic nitrogens is 1. The standard InChI is InChI=1S/C16H19ClN2O5S/c1-9-5-14(15(23-4)7-13(9)17)18-16(20)11(3)25(21,22)8-12-6-10(2)24-19-12/h5-7,11H,8H2,1-4H3,(H,18,20). The van der Waals surface area contributed by atoms with Crippen LogP contribution in [0.15, 0.2) is 22.7 Å². The molecule has 0 fully saturated rings. The van der Waals surface area contributed by atoms with Gasteiger partial charge < -0.3 is 14.6 Å². The molecule has 0 spiro atoms. The van der Waals surface area contributed by atoms with Gasteiger partial charge >= 0.3 is 0 Å². The molecule has 2 rings (SSSR count). The van der Waals surface area contributed by atoms with Gasteiger partial charge in [0.1, 0.15) is 16.8 Å². The van der Waals surface area contributed by atoms with Gasteiger partial charge in [-0.3, -0.25) is 4.79 Å². The number of carbonyl (C=O) groups is 1. The normalized spacial score (nSPS) is 12.7. The fourth-order valence-electron chi connectivity index (χ4n) is 2.14. The number of sulfone groups is 1. The molecule has 0 radical (unpaired) electrons. The van der Waals surface area contributed by atoms with Gasteiger partial charge in [-0.1, -0.05) is 16.8 Å². The average molecular weight is 387 g/mol. The van der Waals surface area contributed by atoms with Gasteiger partial charge in [-0.05, 0) is 32.4 Å². The Morgan fingerprint density at radius 2 is 2.04 bits per heavy atom. The van der Waals surface area contributed by atoms with Crippen molar-refractivity contribution in [3.05, 3.63) is 40.2 Å². The summed E-state index contributed by atoms with van der Waals surface area (Å²) in [6, 6.07) is 4.71. The van der Waals surface area contributed by atoms with E-state index in [9.17, 15) is 13.2 Å². The number of nitrogens with one attached hydrogen (secondary N) is 1. The molecule has 0 saturated carbocycles. The molecule has 25 heavy (non-hydrogen) atoms. The summed E-state index contributed by atoms with van der Waals surface area (Å²) < 4.78 is 34.9. The molecule has 1 amide bonds. The molecule has 1 unspecified atom stereocenters.